The van der Waals surface area contributed by atoms with Crippen LogP contribution < -0.4 is 5.32 Å². The van der Waals surface area contributed by atoms with E-state index in [4.69, 9.17) is 0 Å². The van der Waals surface area contributed by atoms with Crippen molar-refractivity contribution in [1.82, 2.24) is 4.98 Å². The molecule has 0 spiro atoms. The number of benzene rings is 2. The molecule has 1 heterocycles. The van der Waals surface area contributed by atoms with Crippen molar-refractivity contribution < 1.29 is 27.5 Å². The Bertz CT molecular complexity index is 1010. The lowest BCUT2D eigenvalue weighted by Gasteiger charge is -2.06. The lowest BCUT2D eigenvalue weighted by atomic mass is 10.1. The first kappa shape index (κ1) is 20.5. The monoisotopic (exact) mass is 420 g/mol. The van der Waals surface area contributed by atoms with Crippen molar-refractivity contribution in [3.63, 3.8) is 0 Å². The van der Waals surface area contributed by atoms with Gasteiger partial charge in [0.2, 0.25) is 5.91 Å². The van der Waals surface area contributed by atoms with E-state index in [2.05, 4.69) is 15.0 Å². The molecule has 5 nitrogen and oxygen atoms in total. The average molecular weight is 420 g/mol. The van der Waals surface area contributed by atoms with Crippen LogP contribution >= 0.6 is 11.3 Å². The quantitative estimate of drug-likeness (QED) is 0.603. The van der Waals surface area contributed by atoms with Crippen LogP contribution in [-0.2, 0) is 22.1 Å². The number of methoxy groups -OCH3 is 1. The Morgan fingerprint density at radius 2 is 1.72 bits per heavy atom. The molecule has 150 valence electrons. The van der Waals surface area contributed by atoms with Crippen LogP contribution in [0.1, 0.15) is 21.6 Å². The second-order valence-corrected chi connectivity index (χ2v) is 6.87. The first-order valence-corrected chi connectivity index (χ1v) is 9.24. The highest BCUT2D eigenvalue weighted by atomic mass is 32.1. The van der Waals surface area contributed by atoms with E-state index in [1.165, 1.54) is 42.7 Å². The van der Waals surface area contributed by atoms with Gasteiger partial charge in [-0.2, -0.15) is 13.2 Å². The van der Waals surface area contributed by atoms with Crippen molar-refractivity contribution >= 4 is 28.9 Å². The molecule has 1 N–H and O–H groups in total. The number of amides is 1. The van der Waals surface area contributed by atoms with E-state index in [-0.39, 0.29) is 12.3 Å². The van der Waals surface area contributed by atoms with Gasteiger partial charge in [0.05, 0.1) is 30.4 Å². The smallest absolute Gasteiger partial charge is 0.416 e. The zero-order chi connectivity index (χ0) is 21.0. The maximum atomic E-state index is 12.6. The number of thiazole rings is 1. The van der Waals surface area contributed by atoms with Crippen molar-refractivity contribution in [2.45, 2.75) is 12.6 Å². The van der Waals surface area contributed by atoms with Crippen LogP contribution in [0.5, 0.6) is 0 Å². The number of anilines is 1. The number of ether oxygens (including phenoxy) is 1. The molecule has 3 aromatic rings. The van der Waals surface area contributed by atoms with Crippen LogP contribution in [0.4, 0.5) is 18.9 Å². The molecule has 29 heavy (non-hydrogen) atoms. The summed E-state index contributed by atoms with van der Waals surface area (Å²) in [5.74, 6) is -0.777. The van der Waals surface area contributed by atoms with E-state index in [0.29, 0.717) is 27.5 Å². The van der Waals surface area contributed by atoms with E-state index in [9.17, 15) is 22.8 Å². The van der Waals surface area contributed by atoms with Crippen molar-refractivity contribution in [3.05, 3.63) is 70.7 Å². The molecule has 0 aliphatic carbocycles. The maximum Gasteiger partial charge on any atom is 0.416 e. The Kier molecular flexibility index (Phi) is 5.97. The molecule has 1 amide bonds. The predicted molar refractivity (Wildman–Crippen MR) is 103 cm³/mol. The molecule has 0 unspecified atom stereocenters. The summed E-state index contributed by atoms with van der Waals surface area (Å²) in [5, 5.41) is 4.92. The third kappa shape index (κ3) is 5.20. The second kappa shape index (κ2) is 8.44. The SMILES string of the molecule is COC(=O)c1ccc(NC(=O)Cc2csc(-c3ccc(C(F)(F)F)cc3)n2)cc1. The number of halogens is 3. The number of aromatic nitrogens is 1. The number of rotatable bonds is 5. The van der Waals surface area contributed by atoms with Crippen molar-refractivity contribution in [2.24, 2.45) is 0 Å². The Balaban J connectivity index is 1.62. The fourth-order valence-corrected chi connectivity index (χ4v) is 3.33. The number of alkyl halides is 3. The van der Waals surface area contributed by atoms with E-state index >= 15 is 0 Å². The molecule has 0 bridgehead atoms. The molecule has 0 aliphatic heterocycles. The van der Waals surface area contributed by atoms with E-state index < -0.39 is 17.7 Å². The van der Waals surface area contributed by atoms with E-state index in [1.54, 1.807) is 17.5 Å². The molecular formula is C20H15F3N2O3S. The minimum atomic E-state index is -4.39. The molecule has 0 saturated carbocycles. The number of hydrogen-bond acceptors (Lipinski definition) is 5. The summed E-state index contributed by atoms with van der Waals surface area (Å²) in [4.78, 5) is 27.9. The highest BCUT2D eigenvalue weighted by Crippen LogP contribution is 2.31. The predicted octanol–water partition coefficient (Wildman–Crippen LogP) is 4.80. The lowest BCUT2D eigenvalue weighted by Crippen LogP contribution is -2.14. The van der Waals surface area contributed by atoms with Crippen LogP contribution in [0.2, 0.25) is 0 Å². The molecule has 0 saturated heterocycles. The molecule has 0 radical (unpaired) electrons. The largest absolute Gasteiger partial charge is 0.465 e. The minimum absolute atomic E-state index is 0.00981. The number of carbonyl (C=O) groups excluding carboxylic acids is 2. The van der Waals surface area contributed by atoms with Crippen molar-refractivity contribution in [2.75, 3.05) is 12.4 Å². The number of carbonyl (C=O) groups is 2. The normalized spacial score (nSPS) is 11.2. The topological polar surface area (TPSA) is 68.3 Å². The van der Waals surface area contributed by atoms with Gasteiger partial charge in [-0.25, -0.2) is 9.78 Å². The first-order chi connectivity index (χ1) is 13.8. The third-order valence-corrected chi connectivity index (χ3v) is 4.88. The van der Waals surface area contributed by atoms with Crippen LogP contribution in [0.25, 0.3) is 10.6 Å². The molecular weight excluding hydrogens is 405 g/mol. The molecule has 1 aromatic heterocycles. The van der Waals surface area contributed by atoms with Crippen molar-refractivity contribution in [1.29, 1.82) is 0 Å². The minimum Gasteiger partial charge on any atom is -0.465 e. The van der Waals surface area contributed by atoms with Crippen LogP contribution in [0, 0.1) is 0 Å². The summed E-state index contributed by atoms with van der Waals surface area (Å²) < 4.78 is 42.6. The van der Waals surface area contributed by atoms with Gasteiger partial charge in [-0.1, -0.05) is 12.1 Å². The molecule has 3 rings (SSSR count). The van der Waals surface area contributed by atoms with Gasteiger partial charge in [0.1, 0.15) is 5.01 Å². The zero-order valence-corrected chi connectivity index (χ0v) is 15.9. The average Bonchev–Trinajstić information content (AvgIpc) is 3.15. The third-order valence-electron chi connectivity index (χ3n) is 3.94. The summed E-state index contributed by atoms with van der Waals surface area (Å²) in [6, 6.07) is 10.9. The Morgan fingerprint density at radius 1 is 1.07 bits per heavy atom. The second-order valence-electron chi connectivity index (χ2n) is 6.01. The lowest BCUT2D eigenvalue weighted by molar-refractivity contribution is -0.137. The van der Waals surface area contributed by atoms with E-state index in [0.717, 1.165) is 12.1 Å². The molecule has 0 atom stereocenters. The summed E-state index contributed by atoms with van der Waals surface area (Å²) in [5.41, 5.74) is 1.21. The van der Waals surface area contributed by atoms with Gasteiger partial charge in [-0.15, -0.1) is 11.3 Å². The van der Waals surface area contributed by atoms with E-state index in [1.807, 2.05) is 0 Å². The summed E-state index contributed by atoms with van der Waals surface area (Å²) >= 11 is 1.25. The number of nitrogens with one attached hydrogen (secondary N) is 1. The Morgan fingerprint density at radius 3 is 2.31 bits per heavy atom. The maximum absolute atomic E-state index is 12.6. The van der Waals surface area contributed by atoms with Crippen LogP contribution in [0.3, 0.4) is 0 Å². The van der Waals surface area contributed by atoms with Crippen molar-refractivity contribution in [3.8, 4) is 10.6 Å². The fourth-order valence-electron chi connectivity index (χ4n) is 2.50. The standard InChI is InChI=1S/C20H15F3N2O3S/c1-28-19(27)13-4-8-15(9-5-13)24-17(26)10-16-11-29-18(25-16)12-2-6-14(7-3-12)20(21,22)23/h2-9,11H,10H2,1H3,(H,24,26). The van der Waals surface area contributed by atoms with Gasteiger partial charge < -0.3 is 10.1 Å². The number of hydrogen-bond donors (Lipinski definition) is 1. The summed E-state index contributed by atoms with van der Waals surface area (Å²) in [7, 11) is 1.28. The number of nitrogens with zero attached hydrogens (tertiary/aromatic N) is 1. The summed E-state index contributed by atoms with van der Waals surface area (Å²) in [6.07, 6.45) is -4.38. The number of esters is 1. The fraction of sp³-hybridized carbons (Fsp3) is 0.150. The highest BCUT2D eigenvalue weighted by molar-refractivity contribution is 7.13. The molecule has 2 aromatic carbocycles. The molecule has 0 aliphatic rings. The zero-order valence-electron chi connectivity index (χ0n) is 15.1. The van der Waals surface area contributed by atoms with Gasteiger partial charge in [-0.05, 0) is 36.4 Å². The highest BCUT2D eigenvalue weighted by Gasteiger charge is 2.30. The van der Waals surface area contributed by atoms with Crippen LogP contribution in [-0.4, -0.2) is 24.0 Å². The van der Waals surface area contributed by atoms with Gasteiger partial charge in [-0.3, -0.25) is 4.79 Å². The van der Waals surface area contributed by atoms with Gasteiger partial charge >= 0.3 is 12.1 Å². The Hall–Kier alpha value is -3.20. The first-order valence-electron chi connectivity index (χ1n) is 8.36. The molecule has 0 fully saturated rings. The Labute approximate surface area is 168 Å². The van der Waals surface area contributed by atoms with Gasteiger partial charge in [0.15, 0.2) is 0 Å². The molecule has 9 heteroatoms. The van der Waals surface area contributed by atoms with Crippen LogP contribution in [0.15, 0.2) is 53.9 Å². The van der Waals surface area contributed by atoms with Gasteiger partial charge in [0, 0.05) is 16.6 Å². The summed E-state index contributed by atoms with van der Waals surface area (Å²) in [6.45, 7) is 0. The van der Waals surface area contributed by atoms with Gasteiger partial charge in [0.25, 0.3) is 0 Å².